The van der Waals surface area contributed by atoms with Crippen LogP contribution in [0.5, 0.6) is 0 Å². The third kappa shape index (κ3) is 3.46. The van der Waals surface area contributed by atoms with E-state index in [4.69, 9.17) is 5.73 Å². The molecule has 1 aromatic rings. The fraction of sp³-hybridized carbons (Fsp3) is 0.417. The van der Waals surface area contributed by atoms with Gasteiger partial charge in [0.2, 0.25) is 5.91 Å². The molecule has 1 rings (SSSR count). The highest BCUT2D eigenvalue weighted by Crippen LogP contribution is 2.15. The van der Waals surface area contributed by atoms with E-state index in [1.807, 2.05) is 13.8 Å². The summed E-state index contributed by atoms with van der Waals surface area (Å²) in [6.07, 6.45) is 0. The lowest BCUT2D eigenvalue weighted by Crippen LogP contribution is -2.37. The highest BCUT2D eigenvalue weighted by atomic mass is 32.2. The first-order chi connectivity index (χ1) is 8.24. The van der Waals surface area contributed by atoms with Crippen LogP contribution in [0.1, 0.15) is 13.8 Å². The summed E-state index contributed by atoms with van der Waals surface area (Å²) in [7, 11) is -2.05. The second-order valence-electron chi connectivity index (χ2n) is 4.43. The van der Waals surface area contributed by atoms with Gasteiger partial charge >= 0.3 is 0 Å². The van der Waals surface area contributed by atoms with Crippen LogP contribution in [0, 0.1) is 0 Å². The van der Waals surface area contributed by atoms with E-state index in [0.29, 0.717) is 5.69 Å². The van der Waals surface area contributed by atoms with Crippen molar-refractivity contribution < 1.29 is 13.2 Å². The first-order valence-corrected chi connectivity index (χ1v) is 7.23. The fourth-order valence-electron chi connectivity index (χ4n) is 1.34. The largest absolute Gasteiger partial charge is 0.399 e. The van der Waals surface area contributed by atoms with Gasteiger partial charge in [0.1, 0.15) is 5.75 Å². The van der Waals surface area contributed by atoms with E-state index in [1.165, 1.54) is 17.0 Å². The summed E-state index contributed by atoms with van der Waals surface area (Å²) in [4.78, 5) is 13.3. The van der Waals surface area contributed by atoms with Crippen molar-refractivity contribution in [2.45, 2.75) is 24.8 Å². The van der Waals surface area contributed by atoms with E-state index in [1.54, 1.807) is 19.2 Å². The summed E-state index contributed by atoms with van der Waals surface area (Å²) in [6, 6.07) is 5.92. The minimum absolute atomic E-state index is 0.0338. The normalized spacial score (nSPS) is 11.6. The van der Waals surface area contributed by atoms with E-state index in [-0.39, 0.29) is 10.9 Å². The van der Waals surface area contributed by atoms with Crippen LogP contribution in [0.15, 0.2) is 29.2 Å². The lowest BCUT2D eigenvalue weighted by molar-refractivity contribution is -0.128. The van der Waals surface area contributed by atoms with Crippen LogP contribution in [-0.4, -0.2) is 38.1 Å². The summed E-state index contributed by atoms with van der Waals surface area (Å²) in [5.41, 5.74) is 5.90. The molecule has 18 heavy (non-hydrogen) atoms. The van der Waals surface area contributed by atoms with Crippen molar-refractivity contribution in [3.05, 3.63) is 24.3 Å². The third-order valence-corrected chi connectivity index (χ3v) is 4.30. The zero-order chi connectivity index (χ0) is 13.9. The molecule has 5 nitrogen and oxygen atoms in total. The zero-order valence-corrected chi connectivity index (χ0v) is 11.6. The second kappa shape index (κ2) is 5.39. The van der Waals surface area contributed by atoms with E-state index >= 15 is 0 Å². The minimum atomic E-state index is -3.63. The van der Waals surface area contributed by atoms with Crippen molar-refractivity contribution in [3.63, 3.8) is 0 Å². The Kier molecular flexibility index (Phi) is 4.34. The summed E-state index contributed by atoms with van der Waals surface area (Å²) in [6.45, 7) is 3.65. The molecular formula is C12H18N2O3S. The number of hydrogen-bond donors (Lipinski definition) is 1. The quantitative estimate of drug-likeness (QED) is 0.825. The zero-order valence-electron chi connectivity index (χ0n) is 10.8. The molecule has 0 atom stereocenters. The number of nitrogens with two attached hydrogens (primary N) is 1. The van der Waals surface area contributed by atoms with Crippen LogP contribution >= 0.6 is 0 Å². The molecule has 0 aromatic heterocycles. The molecule has 1 aromatic carbocycles. The monoisotopic (exact) mass is 270 g/mol. The molecule has 0 spiro atoms. The number of sulfone groups is 1. The summed E-state index contributed by atoms with van der Waals surface area (Å²) in [5.74, 6) is -0.960. The number of nitrogen functional groups attached to an aromatic ring is 1. The highest BCUT2D eigenvalue weighted by Gasteiger charge is 2.22. The maximum absolute atomic E-state index is 12.0. The smallest absolute Gasteiger partial charge is 0.238 e. The molecule has 0 heterocycles. The van der Waals surface area contributed by atoms with Gasteiger partial charge in [-0.05, 0) is 32.0 Å². The topological polar surface area (TPSA) is 80.5 Å². The van der Waals surface area contributed by atoms with Crippen LogP contribution in [0.25, 0.3) is 0 Å². The van der Waals surface area contributed by atoms with Gasteiger partial charge in [-0.1, -0.05) is 6.07 Å². The molecule has 100 valence electrons. The average Bonchev–Trinajstić information content (AvgIpc) is 2.27. The molecule has 0 unspecified atom stereocenters. The summed E-state index contributed by atoms with van der Waals surface area (Å²) < 4.78 is 24.0. The average molecular weight is 270 g/mol. The first-order valence-electron chi connectivity index (χ1n) is 5.58. The van der Waals surface area contributed by atoms with Crippen molar-refractivity contribution in [2.24, 2.45) is 0 Å². The van der Waals surface area contributed by atoms with Gasteiger partial charge < -0.3 is 10.6 Å². The Morgan fingerprint density at radius 3 is 2.50 bits per heavy atom. The Balaban J connectivity index is 2.93. The molecule has 0 fully saturated rings. The number of carbonyl (C=O) groups excluding carboxylic acids is 1. The second-order valence-corrected chi connectivity index (χ2v) is 6.42. The third-order valence-electron chi connectivity index (χ3n) is 2.70. The maximum Gasteiger partial charge on any atom is 0.238 e. The van der Waals surface area contributed by atoms with Crippen molar-refractivity contribution in [1.82, 2.24) is 4.90 Å². The highest BCUT2D eigenvalue weighted by molar-refractivity contribution is 7.92. The molecule has 2 N–H and O–H groups in total. The first kappa shape index (κ1) is 14.5. The van der Waals surface area contributed by atoms with Gasteiger partial charge in [0.25, 0.3) is 0 Å². The molecule has 0 radical (unpaired) electrons. The SMILES string of the molecule is CC(C)N(C)C(=O)CS(=O)(=O)c1cccc(N)c1. The molecule has 0 aliphatic rings. The van der Waals surface area contributed by atoms with Crippen molar-refractivity contribution in [3.8, 4) is 0 Å². The van der Waals surface area contributed by atoms with Crippen LogP contribution in [0.2, 0.25) is 0 Å². The summed E-state index contributed by atoms with van der Waals surface area (Å²) >= 11 is 0. The molecule has 0 saturated carbocycles. The van der Waals surface area contributed by atoms with Gasteiger partial charge in [0, 0.05) is 18.8 Å². The molecule has 1 amide bonds. The van der Waals surface area contributed by atoms with E-state index in [9.17, 15) is 13.2 Å². The predicted octanol–water partition coefficient (Wildman–Crippen LogP) is 0.909. The standard InChI is InChI=1S/C12H18N2O3S/c1-9(2)14(3)12(15)8-18(16,17)11-6-4-5-10(13)7-11/h4-7,9H,8,13H2,1-3H3. The van der Waals surface area contributed by atoms with Crippen molar-refractivity contribution in [1.29, 1.82) is 0 Å². The van der Waals surface area contributed by atoms with Gasteiger partial charge in [0.05, 0.1) is 4.90 Å². The number of anilines is 1. The lowest BCUT2D eigenvalue weighted by Gasteiger charge is -2.21. The van der Waals surface area contributed by atoms with Crippen molar-refractivity contribution in [2.75, 3.05) is 18.5 Å². The number of benzene rings is 1. The maximum atomic E-state index is 12.0. The lowest BCUT2D eigenvalue weighted by atomic mass is 10.3. The van der Waals surface area contributed by atoms with E-state index < -0.39 is 21.5 Å². The van der Waals surface area contributed by atoms with Gasteiger partial charge in [0.15, 0.2) is 9.84 Å². The minimum Gasteiger partial charge on any atom is -0.399 e. The van der Waals surface area contributed by atoms with Crippen LogP contribution in [0.3, 0.4) is 0 Å². The van der Waals surface area contributed by atoms with Crippen molar-refractivity contribution >= 4 is 21.4 Å². The Bertz CT molecular complexity index is 538. The van der Waals surface area contributed by atoms with Gasteiger partial charge in [-0.2, -0.15) is 0 Å². The van der Waals surface area contributed by atoms with Gasteiger partial charge in [-0.25, -0.2) is 8.42 Å². The molecule has 0 aliphatic heterocycles. The summed E-state index contributed by atoms with van der Waals surface area (Å²) in [5, 5.41) is 0. The molecule has 0 saturated heterocycles. The van der Waals surface area contributed by atoms with Crippen LogP contribution in [0.4, 0.5) is 5.69 Å². The number of carbonyl (C=O) groups is 1. The Hall–Kier alpha value is -1.56. The van der Waals surface area contributed by atoms with Crippen LogP contribution in [-0.2, 0) is 14.6 Å². The number of hydrogen-bond acceptors (Lipinski definition) is 4. The van der Waals surface area contributed by atoms with E-state index in [2.05, 4.69) is 0 Å². The number of rotatable bonds is 4. The number of amides is 1. The van der Waals surface area contributed by atoms with E-state index in [0.717, 1.165) is 0 Å². The predicted molar refractivity (Wildman–Crippen MR) is 70.8 cm³/mol. The molecule has 6 heteroatoms. The van der Waals surface area contributed by atoms with Crippen LogP contribution < -0.4 is 5.73 Å². The molecule has 0 bridgehead atoms. The Morgan fingerprint density at radius 2 is 2.00 bits per heavy atom. The van der Waals surface area contributed by atoms with Gasteiger partial charge in [-0.3, -0.25) is 4.79 Å². The Labute approximate surface area is 108 Å². The fourth-order valence-corrected chi connectivity index (χ4v) is 2.64. The van der Waals surface area contributed by atoms with Gasteiger partial charge in [-0.15, -0.1) is 0 Å². The molecule has 0 aliphatic carbocycles. The Morgan fingerprint density at radius 1 is 1.39 bits per heavy atom. The molecular weight excluding hydrogens is 252 g/mol. The number of nitrogens with zero attached hydrogens (tertiary/aromatic N) is 1.